The van der Waals surface area contributed by atoms with E-state index in [1.165, 1.54) is 125 Å². The molecule has 0 saturated heterocycles. The molecule has 2 aromatic heterocycles. The highest BCUT2D eigenvalue weighted by atomic mass is 32.1. The molecule has 0 fully saturated rings. The van der Waals surface area contributed by atoms with Crippen molar-refractivity contribution in [2.75, 3.05) is 0 Å². The summed E-state index contributed by atoms with van der Waals surface area (Å²) in [4.78, 5) is 0. The van der Waals surface area contributed by atoms with E-state index in [0.717, 1.165) is 0 Å². The summed E-state index contributed by atoms with van der Waals surface area (Å²) in [6.07, 6.45) is 0. The number of rotatable bonds is 2. The van der Waals surface area contributed by atoms with Gasteiger partial charge in [-0.25, -0.2) is 0 Å². The Morgan fingerprint density at radius 3 is 1.77 bits per heavy atom. The summed E-state index contributed by atoms with van der Waals surface area (Å²) in [5.74, 6) is 0. The Bertz CT molecular complexity index is 3380. The Hall–Kier alpha value is -6.48. The molecule has 0 radical (unpaired) electrons. The Morgan fingerprint density at radius 2 is 0.942 bits per heavy atom. The van der Waals surface area contributed by atoms with Crippen LogP contribution in [0.4, 0.5) is 0 Å². The first-order valence-electron chi connectivity index (χ1n) is 18.0. The summed E-state index contributed by atoms with van der Waals surface area (Å²) < 4.78 is 5.12. The zero-order valence-electron chi connectivity index (χ0n) is 27.9. The quantitative estimate of drug-likeness (QED) is 0.172. The van der Waals surface area contributed by atoms with Crippen LogP contribution in [0.5, 0.6) is 0 Å². The van der Waals surface area contributed by atoms with Gasteiger partial charge in [-0.15, -0.1) is 11.3 Å². The lowest BCUT2D eigenvalue weighted by Crippen LogP contribution is -1.93. The number of fused-ring (bicyclic) bond motifs is 12. The van der Waals surface area contributed by atoms with Gasteiger partial charge in [0.1, 0.15) is 0 Å². The highest BCUT2D eigenvalue weighted by Gasteiger charge is 2.25. The van der Waals surface area contributed by atoms with Crippen molar-refractivity contribution in [3.05, 3.63) is 164 Å². The number of benzene rings is 9. The molecule has 9 aromatic carbocycles. The summed E-state index contributed by atoms with van der Waals surface area (Å²) >= 11 is 1.89. The Balaban J connectivity index is 1.03. The predicted molar refractivity (Wildman–Crippen MR) is 223 cm³/mol. The van der Waals surface area contributed by atoms with Gasteiger partial charge in [0.2, 0.25) is 0 Å². The van der Waals surface area contributed by atoms with Crippen molar-refractivity contribution in [2.24, 2.45) is 0 Å². The smallest absolute Gasteiger partial charge is 0.0547 e. The van der Waals surface area contributed by atoms with Crippen molar-refractivity contribution in [3.63, 3.8) is 0 Å². The van der Waals surface area contributed by atoms with E-state index in [2.05, 4.69) is 168 Å². The molecule has 238 valence electrons. The average Bonchev–Trinajstić information content (AvgIpc) is 3.92. The van der Waals surface area contributed by atoms with Gasteiger partial charge in [0.15, 0.2) is 0 Å². The summed E-state index contributed by atoms with van der Waals surface area (Å²) in [6, 6.07) is 61.7. The van der Waals surface area contributed by atoms with Gasteiger partial charge in [-0.2, -0.15) is 0 Å². The maximum atomic E-state index is 2.49. The van der Waals surface area contributed by atoms with Crippen molar-refractivity contribution in [1.82, 2.24) is 4.57 Å². The number of aromatic nitrogens is 1. The van der Waals surface area contributed by atoms with E-state index < -0.39 is 0 Å². The molecule has 11 aromatic rings. The molecule has 0 amide bonds. The molecule has 2 aliphatic rings. The standard InChI is InChI=1S/C50H27NS/c1-2-11-33-32(10-1)36-16-7-15-35-31(20-21-39(33)50(35)36)29-18-22-47-43(24-29)44-25-30(19-23-48(44)52-47)51-45-17-4-3-12-34(45)42-26-40-37-13-5-8-28-9-6-14-38(49(28)37)41(40)27-46(42)51/h1-27H. The highest BCUT2D eigenvalue weighted by Crippen LogP contribution is 2.51. The van der Waals surface area contributed by atoms with Crippen LogP contribution in [0.25, 0.3) is 125 Å². The molecular weight excluding hydrogens is 647 g/mol. The molecule has 0 aliphatic heterocycles. The molecule has 0 saturated carbocycles. The van der Waals surface area contributed by atoms with Gasteiger partial charge in [0, 0.05) is 36.6 Å². The molecular formula is C50H27NS. The molecule has 52 heavy (non-hydrogen) atoms. The Morgan fingerprint density at radius 1 is 0.327 bits per heavy atom. The Labute approximate surface area is 303 Å². The minimum atomic E-state index is 1.19. The van der Waals surface area contributed by atoms with E-state index in [9.17, 15) is 0 Å². The van der Waals surface area contributed by atoms with Crippen LogP contribution >= 0.6 is 11.3 Å². The first-order valence-corrected chi connectivity index (χ1v) is 18.8. The lowest BCUT2D eigenvalue weighted by molar-refractivity contribution is 1.19. The number of para-hydroxylation sites is 1. The lowest BCUT2D eigenvalue weighted by atomic mass is 9.93. The third-order valence-corrected chi connectivity index (χ3v) is 13.0. The van der Waals surface area contributed by atoms with Crippen LogP contribution < -0.4 is 0 Å². The summed E-state index contributed by atoms with van der Waals surface area (Å²) in [5.41, 5.74) is 16.9. The van der Waals surface area contributed by atoms with Crippen molar-refractivity contribution < 1.29 is 0 Å². The highest BCUT2D eigenvalue weighted by molar-refractivity contribution is 7.25. The van der Waals surface area contributed by atoms with Crippen LogP contribution in [-0.4, -0.2) is 4.57 Å². The molecule has 0 unspecified atom stereocenters. The van der Waals surface area contributed by atoms with Crippen LogP contribution in [0.3, 0.4) is 0 Å². The average molecular weight is 674 g/mol. The monoisotopic (exact) mass is 673 g/mol. The molecule has 0 bridgehead atoms. The van der Waals surface area contributed by atoms with Gasteiger partial charge in [0.25, 0.3) is 0 Å². The van der Waals surface area contributed by atoms with Gasteiger partial charge in [-0.05, 0) is 126 Å². The lowest BCUT2D eigenvalue weighted by Gasteiger charge is -2.11. The number of hydrogen-bond acceptors (Lipinski definition) is 1. The fourth-order valence-corrected chi connectivity index (χ4v) is 10.7. The van der Waals surface area contributed by atoms with Crippen molar-refractivity contribution in [2.45, 2.75) is 0 Å². The molecule has 1 nitrogen and oxygen atoms in total. The molecule has 0 atom stereocenters. The number of nitrogens with zero attached hydrogens (tertiary/aromatic N) is 1. The molecule has 2 aliphatic carbocycles. The van der Waals surface area contributed by atoms with Crippen molar-refractivity contribution in [1.29, 1.82) is 0 Å². The molecule has 13 rings (SSSR count). The molecule has 2 heterocycles. The fourth-order valence-electron chi connectivity index (χ4n) is 9.66. The molecule has 0 spiro atoms. The fraction of sp³-hybridized carbons (Fsp3) is 0. The van der Waals surface area contributed by atoms with Crippen LogP contribution in [-0.2, 0) is 0 Å². The van der Waals surface area contributed by atoms with E-state index in [1.54, 1.807) is 0 Å². The SMILES string of the molecule is c1ccc2c(c1)-c1cccc3c(-c4ccc5sc6ccc(-n7c8ccccc8c8cc9c(cc87)-c7cccc8cccc-9c78)cc6c5c4)ccc-2c13. The zero-order chi connectivity index (χ0) is 33.7. The van der Waals surface area contributed by atoms with Gasteiger partial charge < -0.3 is 4.57 Å². The second kappa shape index (κ2) is 9.64. The summed E-state index contributed by atoms with van der Waals surface area (Å²) in [7, 11) is 0. The maximum Gasteiger partial charge on any atom is 0.0547 e. The van der Waals surface area contributed by atoms with Gasteiger partial charge in [-0.1, -0.05) is 115 Å². The Kier molecular flexibility index (Phi) is 5.06. The summed E-state index contributed by atoms with van der Waals surface area (Å²) in [6.45, 7) is 0. The van der Waals surface area contributed by atoms with Crippen molar-refractivity contribution >= 4 is 74.9 Å². The third kappa shape index (κ3) is 3.38. The predicted octanol–water partition coefficient (Wildman–Crippen LogP) is 14.4. The van der Waals surface area contributed by atoms with Gasteiger partial charge in [0.05, 0.1) is 11.0 Å². The normalized spacial score (nSPS) is 12.6. The minimum absolute atomic E-state index is 1.19. The van der Waals surface area contributed by atoms with Gasteiger partial charge >= 0.3 is 0 Å². The minimum Gasteiger partial charge on any atom is -0.309 e. The van der Waals surface area contributed by atoms with Crippen LogP contribution in [0, 0.1) is 0 Å². The topological polar surface area (TPSA) is 4.93 Å². The van der Waals surface area contributed by atoms with Crippen LogP contribution in [0.15, 0.2) is 164 Å². The molecule has 2 heteroatoms. The zero-order valence-corrected chi connectivity index (χ0v) is 28.8. The number of hydrogen-bond donors (Lipinski definition) is 0. The van der Waals surface area contributed by atoms with Crippen LogP contribution in [0.1, 0.15) is 0 Å². The first kappa shape index (κ1) is 27.3. The van der Waals surface area contributed by atoms with Crippen molar-refractivity contribution in [3.8, 4) is 61.3 Å². The third-order valence-electron chi connectivity index (χ3n) is 11.9. The molecule has 0 N–H and O–H groups in total. The first-order chi connectivity index (χ1) is 25.8. The van der Waals surface area contributed by atoms with Crippen LogP contribution in [0.2, 0.25) is 0 Å². The summed E-state index contributed by atoms with van der Waals surface area (Å²) in [5, 5.41) is 10.6. The largest absolute Gasteiger partial charge is 0.309 e. The van der Waals surface area contributed by atoms with E-state index in [0.29, 0.717) is 0 Å². The number of thiophene rings is 1. The van der Waals surface area contributed by atoms with E-state index in [-0.39, 0.29) is 0 Å². The van der Waals surface area contributed by atoms with E-state index in [4.69, 9.17) is 0 Å². The second-order valence-corrected chi connectivity index (χ2v) is 15.5. The van der Waals surface area contributed by atoms with E-state index in [1.807, 2.05) is 11.3 Å². The van der Waals surface area contributed by atoms with Gasteiger partial charge in [-0.3, -0.25) is 0 Å². The van der Waals surface area contributed by atoms with E-state index >= 15 is 0 Å². The second-order valence-electron chi connectivity index (χ2n) is 14.4. The maximum absolute atomic E-state index is 2.49.